The van der Waals surface area contributed by atoms with Crippen molar-refractivity contribution in [3.8, 4) is 0 Å². The van der Waals surface area contributed by atoms with Crippen LogP contribution in [0.25, 0.3) is 5.76 Å². The van der Waals surface area contributed by atoms with Crippen LogP contribution < -0.4 is 0 Å². The lowest BCUT2D eigenvalue weighted by atomic mass is 9.94. The minimum absolute atomic E-state index is 0.00793. The summed E-state index contributed by atoms with van der Waals surface area (Å²) in [4.78, 5) is 45.2. The molecule has 2 aromatic rings. The lowest BCUT2D eigenvalue weighted by Crippen LogP contribution is -2.32. The van der Waals surface area contributed by atoms with Crippen molar-refractivity contribution in [1.82, 2.24) is 14.8 Å². The molecule has 9 heteroatoms. The van der Waals surface area contributed by atoms with Gasteiger partial charge in [0.1, 0.15) is 11.5 Å². The van der Waals surface area contributed by atoms with Crippen molar-refractivity contribution in [2.24, 2.45) is 0 Å². The lowest BCUT2D eigenvalue weighted by molar-refractivity contribution is -0.139. The number of amides is 1. The number of aromatic amines is 1. The molecule has 0 aliphatic carbocycles. The topological polar surface area (TPSA) is 103 Å². The average Bonchev–Trinajstić information content (AvgIpc) is 3.21. The number of Topliss-reactive ketones (excluding diaryl/α,β-unsaturated/α-hetero) is 1. The first-order valence-electron chi connectivity index (χ1n) is 11.1. The summed E-state index contributed by atoms with van der Waals surface area (Å²) in [5, 5.41) is 11.4. The normalized spacial score (nSPS) is 17.6. The smallest absolute Gasteiger partial charge is 0.355 e. The van der Waals surface area contributed by atoms with Crippen molar-refractivity contribution in [2.45, 2.75) is 33.2 Å². The van der Waals surface area contributed by atoms with Crippen molar-refractivity contribution in [2.75, 3.05) is 33.8 Å². The fourth-order valence-electron chi connectivity index (χ4n) is 4.34. The predicted octanol–water partition coefficient (Wildman–Crippen LogP) is 3.94. The van der Waals surface area contributed by atoms with E-state index >= 15 is 0 Å². The number of halogens is 1. The van der Waals surface area contributed by atoms with Crippen LogP contribution in [0.2, 0.25) is 0 Å². The van der Waals surface area contributed by atoms with Crippen molar-refractivity contribution < 1.29 is 24.2 Å². The first-order valence-corrected chi connectivity index (χ1v) is 11.9. The molecule has 0 spiro atoms. The van der Waals surface area contributed by atoms with E-state index in [2.05, 4.69) is 20.9 Å². The number of nitrogens with one attached hydrogen (secondary N) is 1. The summed E-state index contributed by atoms with van der Waals surface area (Å²) in [6, 6.07) is 6.59. The molecule has 182 valence electrons. The number of likely N-dealkylation sites (tertiary alicyclic amines) is 1. The molecule has 1 aliphatic heterocycles. The molecule has 34 heavy (non-hydrogen) atoms. The monoisotopic (exact) mass is 531 g/mol. The Kier molecular flexibility index (Phi) is 7.99. The second-order valence-corrected chi connectivity index (χ2v) is 9.47. The van der Waals surface area contributed by atoms with Gasteiger partial charge in [-0.05, 0) is 71.1 Å². The van der Waals surface area contributed by atoms with Gasteiger partial charge < -0.3 is 24.6 Å². The third-order valence-electron chi connectivity index (χ3n) is 5.86. The van der Waals surface area contributed by atoms with E-state index in [4.69, 9.17) is 4.74 Å². The zero-order chi connectivity index (χ0) is 25.2. The standard InChI is InChI=1S/C25H30BrN3O5/c1-6-34-25(33)20-14(2)18(15(3)27-20)22(30)19-21(16-9-7-10-17(26)13-16)29(24(32)23(19)31)12-8-11-28(4)5/h7,9-10,13,21,27,30H,6,8,11-12H2,1-5H3/b22-19+/t21-/m1/s1. The van der Waals surface area contributed by atoms with Gasteiger partial charge in [0.05, 0.1) is 18.2 Å². The van der Waals surface area contributed by atoms with Crippen LogP contribution in [0.4, 0.5) is 0 Å². The summed E-state index contributed by atoms with van der Waals surface area (Å²) >= 11 is 3.46. The van der Waals surface area contributed by atoms with Gasteiger partial charge in [-0.15, -0.1) is 0 Å². The fraction of sp³-hybridized carbons (Fsp3) is 0.400. The van der Waals surface area contributed by atoms with Gasteiger partial charge in [-0.3, -0.25) is 9.59 Å². The highest BCUT2D eigenvalue weighted by atomic mass is 79.9. The number of hydrogen-bond acceptors (Lipinski definition) is 6. The number of carbonyl (C=O) groups excluding carboxylic acids is 3. The van der Waals surface area contributed by atoms with Crippen LogP contribution >= 0.6 is 15.9 Å². The highest BCUT2D eigenvalue weighted by Gasteiger charge is 2.46. The van der Waals surface area contributed by atoms with Crippen LogP contribution in [0.1, 0.15) is 52.3 Å². The van der Waals surface area contributed by atoms with Crippen molar-refractivity contribution in [3.63, 3.8) is 0 Å². The molecule has 0 bridgehead atoms. The van der Waals surface area contributed by atoms with Gasteiger partial charge in [-0.25, -0.2) is 4.79 Å². The van der Waals surface area contributed by atoms with E-state index in [0.717, 1.165) is 11.0 Å². The molecule has 0 radical (unpaired) electrons. The number of benzene rings is 1. The molecular formula is C25H30BrN3O5. The van der Waals surface area contributed by atoms with E-state index in [-0.39, 0.29) is 23.6 Å². The molecule has 1 aromatic heterocycles. The predicted molar refractivity (Wildman–Crippen MR) is 133 cm³/mol. The van der Waals surface area contributed by atoms with Crippen LogP contribution in [0, 0.1) is 13.8 Å². The summed E-state index contributed by atoms with van der Waals surface area (Å²) in [5.74, 6) is -2.25. The van der Waals surface area contributed by atoms with Gasteiger partial charge >= 0.3 is 5.97 Å². The quantitative estimate of drug-likeness (QED) is 0.231. The summed E-state index contributed by atoms with van der Waals surface area (Å²) in [5.41, 5.74) is 2.21. The van der Waals surface area contributed by atoms with E-state index in [9.17, 15) is 19.5 Å². The summed E-state index contributed by atoms with van der Waals surface area (Å²) in [7, 11) is 3.89. The number of rotatable bonds is 8. The largest absolute Gasteiger partial charge is 0.507 e. The van der Waals surface area contributed by atoms with Gasteiger partial charge in [0.25, 0.3) is 11.7 Å². The van der Waals surface area contributed by atoms with Crippen molar-refractivity contribution in [1.29, 1.82) is 0 Å². The Morgan fingerprint density at radius 1 is 1.26 bits per heavy atom. The maximum atomic E-state index is 13.2. The summed E-state index contributed by atoms with van der Waals surface area (Å²) in [6.07, 6.45) is 0.666. The number of carbonyl (C=O) groups is 3. The fourth-order valence-corrected chi connectivity index (χ4v) is 4.76. The molecular weight excluding hydrogens is 502 g/mol. The van der Waals surface area contributed by atoms with Gasteiger partial charge in [-0.1, -0.05) is 28.1 Å². The number of ketones is 1. The highest BCUT2D eigenvalue weighted by molar-refractivity contribution is 9.10. The van der Waals surface area contributed by atoms with Crippen LogP contribution in [0.5, 0.6) is 0 Å². The number of hydrogen-bond donors (Lipinski definition) is 2. The Morgan fingerprint density at radius 3 is 2.59 bits per heavy atom. The van der Waals surface area contributed by atoms with Crippen LogP contribution in [0.3, 0.4) is 0 Å². The minimum Gasteiger partial charge on any atom is -0.507 e. The molecule has 2 N–H and O–H groups in total. The van der Waals surface area contributed by atoms with E-state index in [0.29, 0.717) is 35.3 Å². The van der Waals surface area contributed by atoms with Gasteiger partial charge in [0.15, 0.2) is 0 Å². The van der Waals surface area contributed by atoms with E-state index in [1.54, 1.807) is 20.8 Å². The highest BCUT2D eigenvalue weighted by Crippen LogP contribution is 2.41. The molecule has 0 saturated carbocycles. The zero-order valence-corrected chi connectivity index (χ0v) is 21.7. The molecule has 1 saturated heterocycles. The van der Waals surface area contributed by atoms with Gasteiger partial charge in [0, 0.05) is 22.3 Å². The SMILES string of the molecule is CCOC(=O)c1[nH]c(C)c(/C(O)=C2\C(=O)C(=O)N(CCCN(C)C)[C@@H]2c2cccc(Br)c2)c1C. The zero-order valence-electron chi connectivity index (χ0n) is 20.1. The molecule has 8 nitrogen and oxygen atoms in total. The number of H-pyrrole nitrogens is 1. The number of esters is 1. The Balaban J connectivity index is 2.16. The second kappa shape index (κ2) is 10.6. The number of nitrogens with zero attached hydrogens (tertiary/aromatic N) is 2. The molecule has 1 fully saturated rings. The van der Waals surface area contributed by atoms with Crippen molar-refractivity contribution in [3.05, 3.63) is 62.4 Å². The maximum absolute atomic E-state index is 13.2. The summed E-state index contributed by atoms with van der Waals surface area (Å²) in [6.45, 7) is 6.39. The van der Waals surface area contributed by atoms with Gasteiger partial charge in [-0.2, -0.15) is 0 Å². The molecule has 1 amide bonds. The summed E-state index contributed by atoms with van der Waals surface area (Å²) < 4.78 is 5.89. The van der Waals surface area contributed by atoms with E-state index in [1.165, 1.54) is 4.90 Å². The third kappa shape index (κ3) is 4.95. The molecule has 0 unspecified atom stereocenters. The Bertz CT molecular complexity index is 1150. The minimum atomic E-state index is -0.751. The molecule has 3 rings (SSSR count). The van der Waals surface area contributed by atoms with Crippen LogP contribution in [-0.2, 0) is 14.3 Å². The Morgan fingerprint density at radius 2 is 1.97 bits per heavy atom. The van der Waals surface area contributed by atoms with Gasteiger partial charge in [0.2, 0.25) is 0 Å². The number of aliphatic hydroxyl groups excluding tert-OH is 1. The maximum Gasteiger partial charge on any atom is 0.355 e. The number of ether oxygens (including phenoxy) is 1. The molecule has 2 heterocycles. The van der Waals surface area contributed by atoms with Crippen molar-refractivity contribution >= 4 is 39.3 Å². The number of aliphatic hydroxyl groups is 1. The first-order chi connectivity index (χ1) is 16.1. The van der Waals surface area contributed by atoms with Crippen LogP contribution in [-0.4, -0.2) is 71.3 Å². The lowest BCUT2D eigenvalue weighted by Gasteiger charge is -2.26. The van der Waals surface area contributed by atoms with E-state index < -0.39 is 23.7 Å². The average molecular weight is 532 g/mol. The second-order valence-electron chi connectivity index (χ2n) is 8.55. The van der Waals surface area contributed by atoms with Crippen LogP contribution in [0.15, 0.2) is 34.3 Å². The molecule has 1 aromatic carbocycles. The van der Waals surface area contributed by atoms with E-state index in [1.807, 2.05) is 43.3 Å². The molecule has 1 atom stereocenters. The Hall–Kier alpha value is -2.91. The number of aromatic nitrogens is 1. The third-order valence-corrected chi connectivity index (χ3v) is 6.36. The number of aryl methyl sites for hydroxylation is 1. The molecule has 1 aliphatic rings. The first kappa shape index (κ1) is 25.7. The Labute approximate surface area is 207 Å².